The number of hydrogen-bond donors (Lipinski definition) is 0. The quantitative estimate of drug-likeness (QED) is 0.741. The lowest BCUT2D eigenvalue weighted by Crippen LogP contribution is -2.21. The molecule has 20 heavy (non-hydrogen) atoms. The minimum atomic E-state index is -0.113. The van der Waals surface area contributed by atoms with Gasteiger partial charge in [-0.3, -0.25) is 9.69 Å². The smallest absolute Gasteiger partial charge is 0.275 e. The molecule has 0 aromatic carbocycles. The zero-order valence-corrected chi connectivity index (χ0v) is 12.9. The summed E-state index contributed by atoms with van der Waals surface area (Å²) in [5.41, 5.74) is 1.96. The fraction of sp³-hybridized carbons (Fsp3) is 0.308. The van der Waals surface area contributed by atoms with Crippen molar-refractivity contribution in [2.45, 2.75) is 20.0 Å². The first kappa shape index (κ1) is 13.4. The molecule has 0 N–H and O–H groups in total. The largest absolute Gasteiger partial charge is 0.296 e. The third-order valence-electron chi connectivity index (χ3n) is 2.86. The van der Waals surface area contributed by atoms with E-state index in [9.17, 15) is 4.79 Å². The molecule has 0 bridgehead atoms. The second kappa shape index (κ2) is 5.43. The standard InChI is InChI=1S/C13H14N4OS2/c1-9-15-17-12(18)5-11(14-13(17)20-9)7-16(2)6-10-3-4-19-8-10/h3-5,8H,6-7H2,1-2H3. The minimum absolute atomic E-state index is 0.113. The summed E-state index contributed by atoms with van der Waals surface area (Å²) in [6.45, 7) is 3.38. The zero-order chi connectivity index (χ0) is 14.1. The molecule has 0 amide bonds. The first-order chi connectivity index (χ1) is 9.61. The molecular formula is C13H14N4OS2. The molecule has 0 saturated carbocycles. The fourth-order valence-corrected chi connectivity index (χ4v) is 3.49. The summed E-state index contributed by atoms with van der Waals surface area (Å²) in [7, 11) is 2.03. The van der Waals surface area contributed by atoms with Crippen LogP contribution in [0.25, 0.3) is 4.96 Å². The molecule has 0 atom stereocenters. The number of fused-ring (bicyclic) bond motifs is 1. The van der Waals surface area contributed by atoms with Crippen LogP contribution < -0.4 is 5.56 Å². The Balaban J connectivity index is 1.81. The molecule has 3 aromatic heterocycles. The highest BCUT2D eigenvalue weighted by Crippen LogP contribution is 2.12. The Hall–Kier alpha value is -1.57. The third kappa shape index (κ3) is 2.79. The number of thiophene rings is 1. The van der Waals surface area contributed by atoms with E-state index in [1.54, 1.807) is 17.4 Å². The van der Waals surface area contributed by atoms with Gasteiger partial charge in [-0.1, -0.05) is 11.3 Å². The normalized spacial score (nSPS) is 11.6. The molecule has 0 aliphatic rings. The van der Waals surface area contributed by atoms with E-state index in [0.29, 0.717) is 11.5 Å². The maximum absolute atomic E-state index is 12.0. The lowest BCUT2D eigenvalue weighted by molar-refractivity contribution is 0.315. The summed E-state index contributed by atoms with van der Waals surface area (Å²) in [4.78, 5) is 19.3. The average molecular weight is 306 g/mol. The molecule has 5 nitrogen and oxygen atoms in total. The highest BCUT2D eigenvalue weighted by molar-refractivity contribution is 7.16. The average Bonchev–Trinajstić information content (AvgIpc) is 2.98. The van der Waals surface area contributed by atoms with Crippen molar-refractivity contribution in [3.05, 3.63) is 49.5 Å². The second-order valence-corrected chi connectivity index (χ2v) is 6.65. The number of rotatable bonds is 4. The first-order valence-corrected chi connectivity index (χ1v) is 7.94. The highest BCUT2D eigenvalue weighted by atomic mass is 32.1. The molecule has 0 aliphatic carbocycles. The Kier molecular flexibility index (Phi) is 3.64. The van der Waals surface area contributed by atoms with Crippen LogP contribution in [0.5, 0.6) is 0 Å². The van der Waals surface area contributed by atoms with Crippen LogP contribution in [0.2, 0.25) is 0 Å². The molecule has 104 valence electrons. The third-order valence-corrected chi connectivity index (χ3v) is 4.42. The van der Waals surface area contributed by atoms with E-state index in [4.69, 9.17) is 0 Å². The summed E-state index contributed by atoms with van der Waals surface area (Å²) < 4.78 is 1.36. The Labute approximate surface area is 124 Å². The summed E-state index contributed by atoms with van der Waals surface area (Å²) in [5, 5.41) is 9.19. The van der Waals surface area contributed by atoms with Crippen LogP contribution in [-0.2, 0) is 13.1 Å². The lowest BCUT2D eigenvalue weighted by Gasteiger charge is -2.14. The van der Waals surface area contributed by atoms with Crippen LogP contribution in [0.4, 0.5) is 0 Å². The zero-order valence-electron chi connectivity index (χ0n) is 11.2. The van der Waals surface area contributed by atoms with Crippen LogP contribution in [0.1, 0.15) is 16.3 Å². The SMILES string of the molecule is Cc1nn2c(=O)cc(CN(C)Cc3ccsc3)nc2s1. The summed E-state index contributed by atoms with van der Waals surface area (Å²) >= 11 is 3.13. The van der Waals surface area contributed by atoms with Gasteiger partial charge in [-0.15, -0.1) is 0 Å². The summed E-state index contributed by atoms with van der Waals surface area (Å²) in [6.07, 6.45) is 0. The lowest BCUT2D eigenvalue weighted by atomic mass is 10.3. The van der Waals surface area contributed by atoms with E-state index in [1.165, 1.54) is 21.4 Å². The molecule has 0 aliphatic heterocycles. The van der Waals surface area contributed by atoms with Crippen LogP contribution in [0, 0.1) is 6.92 Å². The van der Waals surface area contributed by atoms with Crippen molar-refractivity contribution in [2.24, 2.45) is 0 Å². The molecular weight excluding hydrogens is 292 g/mol. The van der Waals surface area contributed by atoms with Gasteiger partial charge in [-0.25, -0.2) is 4.98 Å². The predicted molar refractivity (Wildman–Crippen MR) is 81.4 cm³/mol. The Morgan fingerprint density at radius 3 is 3.00 bits per heavy atom. The highest BCUT2D eigenvalue weighted by Gasteiger charge is 2.09. The number of aromatic nitrogens is 3. The molecule has 7 heteroatoms. The monoisotopic (exact) mass is 306 g/mol. The van der Waals surface area contributed by atoms with Crippen LogP contribution >= 0.6 is 22.7 Å². The Morgan fingerprint density at radius 1 is 1.40 bits per heavy atom. The van der Waals surface area contributed by atoms with Crippen molar-refractivity contribution in [3.63, 3.8) is 0 Å². The Bertz CT molecular complexity index is 775. The van der Waals surface area contributed by atoms with Gasteiger partial charge in [0.25, 0.3) is 5.56 Å². The Morgan fingerprint density at radius 2 is 2.25 bits per heavy atom. The van der Waals surface area contributed by atoms with Crippen LogP contribution in [0.15, 0.2) is 27.7 Å². The summed E-state index contributed by atoms with van der Waals surface area (Å²) in [5.74, 6) is 0. The van der Waals surface area contributed by atoms with Crippen LogP contribution in [-0.4, -0.2) is 26.5 Å². The van der Waals surface area contributed by atoms with Gasteiger partial charge in [0.2, 0.25) is 4.96 Å². The number of aryl methyl sites for hydroxylation is 1. The van der Waals surface area contributed by atoms with Gasteiger partial charge in [0.05, 0.1) is 5.69 Å². The van der Waals surface area contributed by atoms with E-state index >= 15 is 0 Å². The molecule has 3 aromatic rings. The van der Waals surface area contributed by atoms with E-state index in [0.717, 1.165) is 17.2 Å². The molecule has 3 heterocycles. The first-order valence-electron chi connectivity index (χ1n) is 6.18. The van der Waals surface area contributed by atoms with E-state index in [2.05, 4.69) is 31.8 Å². The number of nitrogens with zero attached hydrogens (tertiary/aromatic N) is 4. The van der Waals surface area contributed by atoms with Crippen molar-refractivity contribution in [3.8, 4) is 0 Å². The van der Waals surface area contributed by atoms with E-state index in [-0.39, 0.29) is 5.56 Å². The molecule has 0 unspecified atom stereocenters. The molecule has 0 saturated heterocycles. The van der Waals surface area contributed by atoms with E-state index < -0.39 is 0 Å². The fourth-order valence-electron chi connectivity index (χ4n) is 2.06. The van der Waals surface area contributed by atoms with Crippen molar-refractivity contribution in [1.82, 2.24) is 19.5 Å². The summed E-state index contributed by atoms with van der Waals surface area (Å²) in [6, 6.07) is 3.68. The topological polar surface area (TPSA) is 50.5 Å². The maximum Gasteiger partial charge on any atom is 0.275 e. The van der Waals surface area contributed by atoms with Gasteiger partial charge >= 0.3 is 0 Å². The van der Waals surface area contributed by atoms with Crippen molar-refractivity contribution in [2.75, 3.05) is 7.05 Å². The predicted octanol–water partition coefficient (Wildman–Crippen LogP) is 2.15. The van der Waals surface area contributed by atoms with Crippen molar-refractivity contribution in [1.29, 1.82) is 0 Å². The van der Waals surface area contributed by atoms with Gasteiger partial charge in [-0.2, -0.15) is 21.0 Å². The van der Waals surface area contributed by atoms with Crippen molar-refractivity contribution >= 4 is 27.6 Å². The molecule has 0 fully saturated rings. The van der Waals surface area contributed by atoms with E-state index in [1.807, 2.05) is 14.0 Å². The molecule has 0 spiro atoms. The van der Waals surface area contributed by atoms with Gasteiger partial charge in [0.15, 0.2) is 0 Å². The second-order valence-electron chi connectivity index (χ2n) is 4.71. The van der Waals surface area contributed by atoms with Gasteiger partial charge in [0.1, 0.15) is 5.01 Å². The molecule has 0 radical (unpaired) electrons. The minimum Gasteiger partial charge on any atom is -0.296 e. The maximum atomic E-state index is 12.0. The van der Waals surface area contributed by atoms with Crippen molar-refractivity contribution < 1.29 is 0 Å². The van der Waals surface area contributed by atoms with Crippen LogP contribution in [0.3, 0.4) is 0 Å². The van der Waals surface area contributed by atoms with Gasteiger partial charge in [-0.05, 0) is 36.4 Å². The van der Waals surface area contributed by atoms with Gasteiger partial charge in [0, 0.05) is 19.2 Å². The van der Waals surface area contributed by atoms with Gasteiger partial charge < -0.3 is 0 Å². The number of hydrogen-bond acceptors (Lipinski definition) is 6. The molecule has 3 rings (SSSR count).